The number of H-pyrrole nitrogens is 1. The Bertz CT molecular complexity index is 1460. The number of nitriles is 1. The van der Waals surface area contributed by atoms with Crippen molar-refractivity contribution in [2.45, 2.75) is 26.7 Å². The van der Waals surface area contributed by atoms with Crippen LogP contribution in [0, 0.1) is 29.9 Å². The summed E-state index contributed by atoms with van der Waals surface area (Å²) >= 11 is 6.03. The number of amides is 1. The monoisotopic (exact) mass is 496 g/mol. The normalized spacial score (nSPS) is 16.1. The van der Waals surface area contributed by atoms with E-state index in [4.69, 9.17) is 11.6 Å². The number of hydrogen-bond acceptors (Lipinski definition) is 5. The van der Waals surface area contributed by atoms with Gasteiger partial charge in [-0.05, 0) is 39.0 Å². The van der Waals surface area contributed by atoms with Crippen LogP contribution in [-0.2, 0) is 0 Å². The topological polar surface area (TPSA) is 96.8 Å². The van der Waals surface area contributed by atoms with Gasteiger partial charge in [0.25, 0.3) is 5.91 Å². The molecule has 10 heteroatoms. The lowest BCUT2D eigenvalue weighted by Gasteiger charge is -2.35. The van der Waals surface area contributed by atoms with Crippen molar-refractivity contribution >= 4 is 34.2 Å². The van der Waals surface area contributed by atoms with Gasteiger partial charge >= 0.3 is 0 Å². The van der Waals surface area contributed by atoms with Crippen molar-refractivity contribution in [3.8, 4) is 6.07 Å². The van der Waals surface area contributed by atoms with Crippen LogP contribution in [0.1, 0.15) is 41.3 Å². The summed E-state index contributed by atoms with van der Waals surface area (Å²) in [6.45, 7) is 5.29. The molecular weight excluding hydrogens is 474 g/mol. The summed E-state index contributed by atoms with van der Waals surface area (Å²) in [7, 11) is 3.57. The number of halogens is 3. The van der Waals surface area contributed by atoms with Crippen LogP contribution in [0.25, 0.3) is 10.9 Å². The Morgan fingerprint density at radius 3 is 2.60 bits per heavy atom. The molecule has 4 rings (SSSR count). The van der Waals surface area contributed by atoms with Crippen molar-refractivity contribution in [1.29, 1.82) is 5.26 Å². The highest BCUT2D eigenvalue weighted by molar-refractivity contribution is 6.34. The Kier molecular flexibility index (Phi) is 6.26. The molecule has 1 unspecified atom stereocenters. The molecule has 0 bridgehead atoms. The van der Waals surface area contributed by atoms with Crippen molar-refractivity contribution < 1.29 is 13.6 Å². The van der Waals surface area contributed by atoms with Crippen molar-refractivity contribution in [3.05, 3.63) is 80.3 Å². The molecule has 35 heavy (non-hydrogen) atoms. The Labute approximate surface area is 206 Å². The van der Waals surface area contributed by atoms with Crippen LogP contribution >= 0.6 is 11.6 Å². The van der Waals surface area contributed by atoms with Crippen molar-refractivity contribution in [1.82, 2.24) is 20.4 Å². The number of fused-ring (bicyclic) bond motifs is 1. The van der Waals surface area contributed by atoms with Crippen LogP contribution in [0.5, 0.6) is 0 Å². The fourth-order valence-electron chi connectivity index (χ4n) is 4.47. The number of carbonyl (C=O) groups is 1. The minimum absolute atomic E-state index is 0.0462. The molecule has 0 spiro atoms. The second-order valence-electron chi connectivity index (χ2n) is 8.30. The highest BCUT2D eigenvalue weighted by Crippen LogP contribution is 2.42. The van der Waals surface area contributed by atoms with Crippen LogP contribution in [0.15, 0.2) is 46.9 Å². The van der Waals surface area contributed by atoms with Crippen LogP contribution in [0.4, 0.5) is 14.6 Å². The summed E-state index contributed by atoms with van der Waals surface area (Å²) < 4.78 is 30.0. The van der Waals surface area contributed by atoms with E-state index >= 15 is 4.39 Å². The van der Waals surface area contributed by atoms with Gasteiger partial charge in [-0.3, -0.25) is 9.89 Å². The number of allylic oxidation sites excluding steroid dienone is 3. The van der Waals surface area contributed by atoms with E-state index in [-0.39, 0.29) is 27.5 Å². The number of likely N-dealkylation sites (N-methyl/N-ethyl adjacent to an activating group) is 1. The molecule has 2 aromatic carbocycles. The minimum Gasteiger partial charge on any atom is -0.389 e. The molecule has 0 saturated heterocycles. The number of carbonyl (C=O) groups excluding carboxylic acids is 1. The number of aromatic nitrogens is 2. The molecule has 0 fully saturated rings. The molecule has 7 nitrogen and oxygen atoms in total. The van der Waals surface area contributed by atoms with Crippen molar-refractivity contribution in [2.24, 2.45) is 0 Å². The highest BCUT2D eigenvalue weighted by atomic mass is 35.5. The molecule has 1 aliphatic heterocycles. The summed E-state index contributed by atoms with van der Waals surface area (Å²) in [6, 6.07) is 7.73. The number of nitrogens with one attached hydrogen (secondary N) is 3. The number of anilines is 1. The number of aryl methyl sites for hydroxylation is 1. The summed E-state index contributed by atoms with van der Waals surface area (Å²) in [4.78, 5) is 14.7. The summed E-state index contributed by atoms with van der Waals surface area (Å²) in [5, 5.41) is 22.9. The lowest BCUT2D eigenvalue weighted by Crippen LogP contribution is -2.31. The maximum atomic E-state index is 15.7. The average molecular weight is 497 g/mol. The van der Waals surface area contributed by atoms with Gasteiger partial charge < -0.3 is 15.5 Å². The van der Waals surface area contributed by atoms with Gasteiger partial charge in [-0.15, -0.1) is 0 Å². The Hall–Kier alpha value is -3.90. The molecule has 0 saturated carbocycles. The van der Waals surface area contributed by atoms with Crippen LogP contribution < -0.4 is 10.6 Å². The van der Waals surface area contributed by atoms with Crippen LogP contribution in [0.2, 0.25) is 5.02 Å². The summed E-state index contributed by atoms with van der Waals surface area (Å²) in [6.07, 6.45) is 0. The zero-order chi connectivity index (χ0) is 25.6. The second kappa shape index (κ2) is 9.04. The molecule has 180 valence electrons. The van der Waals surface area contributed by atoms with Gasteiger partial charge in [0.15, 0.2) is 5.82 Å². The SMILES string of the molecule is CNC1=C(C)N(C)C(C)=C(C#N)C1c1cc2c(NC(=O)c3c(F)cccc3Cl)n[nH]c2c(C)c1F. The lowest BCUT2D eigenvalue weighted by atomic mass is 9.82. The number of hydrogen-bond donors (Lipinski definition) is 3. The van der Waals surface area contributed by atoms with E-state index in [1.54, 1.807) is 20.0 Å². The van der Waals surface area contributed by atoms with Gasteiger partial charge in [-0.1, -0.05) is 17.7 Å². The van der Waals surface area contributed by atoms with Gasteiger partial charge in [-0.25, -0.2) is 8.78 Å². The molecule has 3 N–H and O–H groups in total. The Morgan fingerprint density at radius 2 is 1.97 bits per heavy atom. The van der Waals surface area contributed by atoms with E-state index in [9.17, 15) is 14.4 Å². The Balaban J connectivity index is 1.89. The first-order valence-electron chi connectivity index (χ1n) is 10.8. The molecule has 2 heterocycles. The van der Waals surface area contributed by atoms with E-state index < -0.39 is 23.5 Å². The third-order valence-electron chi connectivity index (χ3n) is 6.55. The van der Waals surface area contributed by atoms with E-state index in [1.807, 2.05) is 25.8 Å². The largest absolute Gasteiger partial charge is 0.389 e. The average Bonchev–Trinajstić information content (AvgIpc) is 3.22. The van der Waals surface area contributed by atoms with Crippen molar-refractivity contribution in [2.75, 3.05) is 19.4 Å². The fourth-order valence-corrected chi connectivity index (χ4v) is 4.72. The molecule has 1 aliphatic rings. The maximum absolute atomic E-state index is 15.7. The van der Waals surface area contributed by atoms with Gasteiger partial charge in [0.1, 0.15) is 11.6 Å². The smallest absolute Gasteiger partial charge is 0.261 e. The second-order valence-corrected chi connectivity index (χ2v) is 8.71. The minimum atomic E-state index is -0.788. The van der Waals surface area contributed by atoms with Gasteiger partial charge in [0.2, 0.25) is 0 Å². The summed E-state index contributed by atoms with van der Waals surface area (Å²) in [5.41, 5.74) is 3.22. The van der Waals surface area contributed by atoms with E-state index in [0.29, 0.717) is 27.9 Å². The van der Waals surface area contributed by atoms with Gasteiger partial charge in [-0.2, -0.15) is 10.4 Å². The first kappa shape index (κ1) is 24.2. The predicted molar refractivity (Wildman–Crippen MR) is 131 cm³/mol. The zero-order valence-corrected chi connectivity index (χ0v) is 20.5. The molecular formula is C25H23ClF2N6O. The van der Waals surface area contributed by atoms with E-state index in [0.717, 1.165) is 11.8 Å². The predicted octanol–water partition coefficient (Wildman–Crippen LogP) is 5.33. The molecule has 0 radical (unpaired) electrons. The maximum Gasteiger partial charge on any atom is 0.261 e. The number of rotatable bonds is 4. The fraction of sp³-hybridized carbons (Fsp3) is 0.240. The molecule has 1 aromatic heterocycles. The van der Waals surface area contributed by atoms with E-state index in [2.05, 4.69) is 26.9 Å². The van der Waals surface area contributed by atoms with Gasteiger partial charge in [0.05, 0.1) is 33.7 Å². The number of benzene rings is 2. The van der Waals surface area contributed by atoms with Crippen LogP contribution in [-0.4, -0.2) is 35.1 Å². The zero-order valence-electron chi connectivity index (χ0n) is 19.8. The Morgan fingerprint density at radius 1 is 1.26 bits per heavy atom. The standard InChI is InChI=1S/C25H23ClF2N6O/c1-11-21(28)14(19-16(10-29)12(2)34(5)13(3)23(19)30-4)9-15-22(11)32-33-24(15)31-25(35)20-17(26)7-6-8-18(20)27/h6-9,19,30H,1-5H3,(H2,31,32,33,35). The molecule has 3 aromatic rings. The molecule has 1 amide bonds. The third kappa shape index (κ3) is 3.80. The summed E-state index contributed by atoms with van der Waals surface area (Å²) in [5.74, 6) is -2.66. The number of nitrogens with zero attached hydrogens (tertiary/aromatic N) is 3. The lowest BCUT2D eigenvalue weighted by molar-refractivity contribution is 0.102. The quantitative estimate of drug-likeness (QED) is 0.453. The molecule has 0 aliphatic carbocycles. The third-order valence-corrected chi connectivity index (χ3v) is 6.86. The van der Waals surface area contributed by atoms with E-state index in [1.165, 1.54) is 12.1 Å². The van der Waals surface area contributed by atoms with Crippen molar-refractivity contribution in [3.63, 3.8) is 0 Å². The highest BCUT2D eigenvalue weighted by Gasteiger charge is 2.34. The first-order valence-corrected chi connectivity index (χ1v) is 11.2. The van der Waals surface area contributed by atoms with Crippen LogP contribution in [0.3, 0.4) is 0 Å². The number of aromatic amines is 1. The van der Waals surface area contributed by atoms with Gasteiger partial charge in [0, 0.05) is 47.7 Å². The first-order chi connectivity index (χ1) is 16.6. The molecule has 1 atom stereocenters.